The third-order valence-electron chi connectivity index (χ3n) is 2.74. The minimum Gasteiger partial charge on any atom is -0.207 e. The molecule has 3 nitrogen and oxygen atoms in total. The smallest absolute Gasteiger partial charge is 0.207 e. The van der Waals surface area contributed by atoms with E-state index in [9.17, 15) is 8.42 Å². The van der Waals surface area contributed by atoms with Crippen molar-refractivity contribution in [2.75, 3.05) is 0 Å². The first kappa shape index (κ1) is 14.7. The minimum atomic E-state index is -3.51. The summed E-state index contributed by atoms with van der Waals surface area (Å²) in [5.41, 5.74) is 0.731. The zero-order chi connectivity index (χ0) is 14.0. The molecule has 102 valence electrons. The van der Waals surface area contributed by atoms with Crippen LogP contribution in [0.5, 0.6) is 0 Å². The third-order valence-corrected chi connectivity index (χ3v) is 5.97. The van der Waals surface area contributed by atoms with Crippen LogP contribution in [-0.2, 0) is 10.0 Å². The fourth-order valence-corrected chi connectivity index (χ4v) is 4.57. The van der Waals surface area contributed by atoms with Crippen molar-refractivity contribution in [2.24, 2.45) is 0 Å². The van der Waals surface area contributed by atoms with Gasteiger partial charge < -0.3 is 0 Å². The van der Waals surface area contributed by atoms with Gasteiger partial charge in [0.2, 0.25) is 10.0 Å². The van der Waals surface area contributed by atoms with Gasteiger partial charge in [-0.2, -0.15) is 0 Å². The molecule has 0 saturated carbocycles. The Kier molecular flexibility index (Phi) is 4.45. The molecule has 1 N–H and O–H groups in total. The van der Waals surface area contributed by atoms with E-state index in [-0.39, 0.29) is 6.04 Å². The monoisotopic (exact) mass is 359 g/mol. The number of benzene rings is 1. The van der Waals surface area contributed by atoms with Crippen LogP contribution in [0, 0.1) is 6.92 Å². The number of thiophene rings is 1. The van der Waals surface area contributed by atoms with Crippen LogP contribution >= 0.6 is 27.3 Å². The lowest BCUT2D eigenvalue weighted by Gasteiger charge is -2.14. The van der Waals surface area contributed by atoms with Gasteiger partial charge >= 0.3 is 0 Å². The van der Waals surface area contributed by atoms with E-state index in [4.69, 9.17) is 0 Å². The van der Waals surface area contributed by atoms with E-state index in [0.29, 0.717) is 4.90 Å². The van der Waals surface area contributed by atoms with Crippen molar-refractivity contribution in [3.8, 4) is 0 Å². The fraction of sp³-hybridized carbons (Fsp3) is 0.231. The van der Waals surface area contributed by atoms with Crippen molar-refractivity contribution >= 4 is 37.3 Å². The van der Waals surface area contributed by atoms with Crippen molar-refractivity contribution < 1.29 is 8.42 Å². The first-order valence-electron chi connectivity index (χ1n) is 5.72. The van der Waals surface area contributed by atoms with Crippen LogP contribution < -0.4 is 4.72 Å². The van der Waals surface area contributed by atoms with E-state index >= 15 is 0 Å². The summed E-state index contributed by atoms with van der Waals surface area (Å²) in [4.78, 5) is 1.31. The number of sulfonamides is 1. The lowest BCUT2D eigenvalue weighted by molar-refractivity contribution is 0.568. The van der Waals surface area contributed by atoms with Gasteiger partial charge in [-0.25, -0.2) is 13.1 Å². The van der Waals surface area contributed by atoms with E-state index in [1.54, 1.807) is 19.1 Å². The van der Waals surface area contributed by atoms with Crippen molar-refractivity contribution in [1.82, 2.24) is 4.72 Å². The molecule has 0 unspecified atom stereocenters. The van der Waals surface area contributed by atoms with Crippen LogP contribution in [0.1, 0.15) is 23.4 Å². The van der Waals surface area contributed by atoms with Gasteiger partial charge in [-0.3, -0.25) is 0 Å². The molecular weight excluding hydrogens is 346 g/mol. The van der Waals surface area contributed by atoms with Crippen LogP contribution in [0.15, 0.2) is 45.1 Å². The normalized spacial score (nSPS) is 13.4. The average Bonchev–Trinajstić information content (AvgIpc) is 2.85. The molecule has 1 aromatic heterocycles. The van der Waals surface area contributed by atoms with E-state index in [1.807, 2.05) is 30.5 Å². The third kappa shape index (κ3) is 3.45. The van der Waals surface area contributed by atoms with Gasteiger partial charge in [0, 0.05) is 9.35 Å². The quantitative estimate of drug-likeness (QED) is 0.900. The van der Waals surface area contributed by atoms with Crippen LogP contribution in [0.3, 0.4) is 0 Å². The summed E-state index contributed by atoms with van der Waals surface area (Å²) in [6, 6.07) is 8.84. The van der Waals surface area contributed by atoms with Crippen LogP contribution in [0.25, 0.3) is 0 Å². The number of nitrogens with one attached hydrogen (secondary N) is 1. The van der Waals surface area contributed by atoms with Gasteiger partial charge in [-0.05, 0) is 43.0 Å². The second-order valence-electron chi connectivity index (χ2n) is 4.27. The summed E-state index contributed by atoms with van der Waals surface area (Å²) in [6.07, 6.45) is 0. The average molecular weight is 360 g/mol. The molecule has 0 amide bonds. The summed E-state index contributed by atoms with van der Waals surface area (Å²) in [6.45, 7) is 3.63. The Labute approximate surface area is 125 Å². The van der Waals surface area contributed by atoms with Gasteiger partial charge in [0.1, 0.15) is 0 Å². The van der Waals surface area contributed by atoms with Crippen molar-refractivity contribution in [2.45, 2.75) is 24.8 Å². The molecule has 0 aliphatic rings. The highest BCUT2D eigenvalue weighted by Gasteiger charge is 2.20. The Bertz CT molecular complexity index is 666. The van der Waals surface area contributed by atoms with Gasteiger partial charge in [0.25, 0.3) is 0 Å². The van der Waals surface area contributed by atoms with Crippen molar-refractivity contribution in [3.05, 3.63) is 50.6 Å². The maximum Gasteiger partial charge on any atom is 0.241 e. The minimum absolute atomic E-state index is 0.233. The standard InChI is InChI=1S/C13H14BrNO2S2/c1-9-5-6-11(14)8-13(9)19(16,17)15-10(2)12-4-3-7-18-12/h3-8,10,15H,1-2H3/t10-/m0/s1. The molecule has 0 radical (unpaired) electrons. The molecule has 0 saturated heterocycles. The predicted octanol–water partition coefficient (Wildman–Crippen LogP) is 3.86. The van der Waals surface area contributed by atoms with Gasteiger partial charge in [-0.15, -0.1) is 11.3 Å². The predicted molar refractivity (Wildman–Crippen MR) is 81.9 cm³/mol. The fourth-order valence-electron chi connectivity index (χ4n) is 1.76. The van der Waals surface area contributed by atoms with E-state index < -0.39 is 10.0 Å². The van der Waals surface area contributed by atoms with Crippen LogP contribution in [0.2, 0.25) is 0 Å². The van der Waals surface area contributed by atoms with Gasteiger partial charge in [0.15, 0.2) is 0 Å². The van der Waals surface area contributed by atoms with Crippen LogP contribution in [-0.4, -0.2) is 8.42 Å². The molecule has 1 heterocycles. The maximum atomic E-state index is 12.4. The zero-order valence-corrected chi connectivity index (χ0v) is 13.8. The van der Waals surface area contributed by atoms with Crippen LogP contribution in [0.4, 0.5) is 0 Å². The summed E-state index contributed by atoms with van der Waals surface area (Å²) < 4.78 is 28.2. The highest BCUT2D eigenvalue weighted by Crippen LogP contribution is 2.24. The first-order valence-corrected chi connectivity index (χ1v) is 8.87. The highest BCUT2D eigenvalue weighted by molar-refractivity contribution is 9.10. The second-order valence-corrected chi connectivity index (χ2v) is 7.85. The molecule has 0 fully saturated rings. The summed E-state index contributed by atoms with van der Waals surface area (Å²) in [5, 5.41) is 1.94. The Morgan fingerprint density at radius 3 is 2.68 bits per heavy atom. The van der Waals surface area contributed by atoms with Gasteiger partial charge in [0.05, 0.1) is 10.9 Å². The Hall–Kier alpha value is -0.690. The number of hydrogen-bond acceptors (Lipinski definition) is 3. The Morgan fingerprint density at radius 1 is 1.32 bits per heavy atom. The largest absolute Gasteiger partial charge is 0.241 e. The molecule has 1 atom stereocenters. The number of hydrogen-bond donors (Lipinski definition) is 1. The molecule has 6 heteroatoms. The lowest BCUT2D eigenvalue weighted by Crippen LogP contribution is -2.27. The molecule has 0 aliphatic carbocycles. The van der Waals surface area contributed by atoms with E-state index in [2.05, 4.69) is 20.7 Å². The van der Waals surface area contributed by atoms with Gasteiger partial charge in [-0.1, -0.05) is 28.1 Å². The van der Waals surface area contributed by atoms with E-state index in [1.165, 1.54) is 11.3 Å². The summed E-state index contributed by atoms with van der Waals surface area (Å²) in [5.74, 6) is 0. The maximum absolute atomic E-state index is 12.4. The summed E-state index contributed by atoms with van der Waals surface area (Å²) in [7, 11) is -3.51. The molecule has 1 aromatic carbocycles. The number of rotatable bonds is 4. The molecule has 2 rings (SSSR count). The highest BCUT2D eigenvalue weighted by atomic mass is 79.9. The Balaban J connectivity index is 2.30. The first-order chi connectivity index (χ1) is 8.90. The SMILES string of the molecule is Cc1ccc(Br)cc1S(=O)(=O)N[C@@H](C)c1cccs1. The summed E-state index contributed by atoms with van der Waals surface area (Å²) >= 11 is 4.84. The van der Waals surface area contributed by atoms with Crippen molar-refractivity contribution in [1.29, 1.82) is 0 Å². The molecule has 0 bridgehead atoms. The molecule has 0 aliphatic heterocycles. The number of halogens is 1. The zero-order valence-electron chi connectivity index (χ0n) is 10.6. The lowest BCUT2D eigenvalue weighted by atomic mass is 10.2. The number of aryl methyl sites for hydroxylation is 1. The molecule has 2 aromatic rings. The molecule has 0 spiro atoms. The topological polar surface area (TPSA) is 46.2 Å². The molecule has 19 heavy (non-hydrogen) atoms. The Morgan fingerprint density at radius 2 is 2.05 bits per heavy atom. The van der Waals surface area contributed by atoms with E-state index in [0.717, 1.165) is 14.9 Å². The second kappa shape index (κ2) is 5.75. The molecular formula is C13H14BrNO2S2. The van der Waals surface area contributed by atoms with Crippen molar-refractivity contribution in [3.63, 3.8) is 0 Å².